The summed E-state index contributed by atoms with van der Waals surface area (Å²) in [5.41, 5.74) is -0.169. The molecule has 10 heteroatoms. The van der Waals surface area contributed by atoms with Crippen LogP contribution in [0.5, 0.6) is 5.75 Å². The van der Waals surface area contributed by atoms with Gasteiger partial charge in [-0.15, -0.1) is 0 Å². The first-order chi connectivity index (χ1) is 10.8. The summed E-state index contributed by atoms with van der Waals surface area (Å²) in [7, 11) is -2.49. The van der Waals surface area contributed by atoms with Crippen molar-refractivity contribution in [3.05, 3.63) is 30.0 Å². The van der Waals surface area contributed by atoms with Crippen molar-refractivity contribution in [2.75, 3.05) is 25.5 Å². The Morgan fingerprint density at radius 1 is 1.26 bits per heavy atom. The van der Waals surface area contributed by atoms with Crippen molar-refractivity contribution in [3.63, 3.8) is 0 Å². The van der Waals surface area contributed by atoms with Gasteiger partial charge >= 0.3 is 0 Å². The number of nitrogens with one attached hydrogen (secondary N) is 2. The Hall–Kier alpha value is -2.43. The molecule has 0 saturated heterocycles. The summed E-state index contributed by atoms with van der Waals surface area (Å²) < 4.78 is 25.7. The Labute approximate surface area is 132 Å². The van der Waals surface area contributed by atoms with Crippen LogP contribution in [0.3, 0.4) is 0 Å². The van der Waals surface area contributed by atoms with Crippen LogP contribution in [-0.4, -0.2) is 55.5 Å². The third-order valence-corrected chi connectivity index (χ3v) is 4.56. The molecule has 1 aliphatic rings. The number of rotatable bonds is 6. The third-order valence-electron chi connectivity index (χ3n) is 3.15. The van der Waals surface area contributed by atoms with Crippen LogP contribution in [0.25, 0.3) is 0 Å². The molecule has 0 spiro atoms. The normalized spacial score (nSPS) is 15.0. The highest BCUT2D eigenvalue weighted by Gasteiger charge is 2.31. The zero-order valence-electron chi connectivity index (χ0n) is 12.1. The van der Waals surface area contributed by atoms with Gasteiger partial charge in [-0.3, -0.25) is 14.5 Å². The van der Waals surface area contributed by atoms with Crippen LogP contribution in [0.4, 0.5) is 5.69 Å². The number of nitrogens with zero attached hydrogens (tertiary/aromatic N) is 1. The van der Waals surface area contributed by atoms with Crippen molar-refractivity contribution in [2.24, 2.45) is 0 Å². The largest absolute Gasteiger partial charge is 0.506 e. The Morgan fingerprint density at radius 2 is 1.96 bits per heavy atom. The van der Waals surface area contributed by atoms with Crippen molar-refractivity contribution in [3.8, 4) is 5.75 Å². The lowest BCUT2D eigenvalue weighted by Crippen LogP contribution is -2.34. The smallest absolute Gasteiger partial charge is 0.277 e. The molecule has 0 aliphatic carbocycles. The minimum atomic E-state index is -3.73. The fourth-order valence-electron chi connectivity index (χ4n) is 1.96. The lowest BCUT2D eigenvalue weighted by Gasteiger charge is -2.14. The number of hydrogen-bond acceptors (Lipinski definition) is 7. The molecule has 1 heterocycles. The highest BCUT2D eigenvalue weighted by Crippen LogP contribution is 2.28. The highest BCUT2D eigenvalue weighted by atomic mass is 32.2. The number of benzene rings is 1. The van der Waals surface area contributed by atoms with Gasteiger partial charge in [0.25, 0.3) is 11.8 Å². The molecule has 0 aromatic heterocycles. The second kappa shape index (κ2) is 6.36. The zero-order chi connectivity index (χ0) is 17.2. The molecule has 0 radical (unpaired) electrons. The number of phenolic OH excluding ortho intramolecular Hbond substituents is 1. The minimum Gasteiger partial charge on any atom is -0.506 e. The molecule has 4 N–H and O–H groups in total. The molecule has 0 fully saturated rings. The quantitative estimate of drug-likeness (QED) is 0.383. The monoisotopic (exact) mass is 341 g/mol. The summed E-state index contributed by atoms with van der Waals surface area (Å²) in [5.74, 6) is -1.57. The molecular formula is C13H15N3O6S. The Kier molecular flexibility index (Phi) is 4.68. The molecule has 2 rings (SSSR count). The van der Waals surface area contributed by atoms with E-state index >= 15 is 0 Å². The Bertz CT molecular complexity index is 787. The first-order valence-corrected chi connectivity index (χ1v) is 8.00. The van der Waals surface area contributed by atoms with Crippen LogP contribution in [0.15, 0.2) is 34.9 Å². The summed E-state index contributed by atoms with van der Waals surface area (Å²) in [6.45, 7) is -0.529. The van der Waals surface area contributed by atoms with Crippen LogP contribution in [0.2, 0.25) is 0 Å². The van der Waals surface area contributed by atoms with Crippen LogP contribution in [0.1, 0.15) is 0 Å². The van der Waals surface area contributed by atoms with Crippen molar-refractivity contribution < 1.29 is 28.2 Å². The lowest BCUT2D eigenvalue weighted by molar-refractivity contribution is -0.137. The first kappa shape index (κ1) is 16.9. The predicted octanol–water partition coefficient (Wildman–Crippen LogP) is -1.04. The number of aliphatic hydroxyl groups excluding tert-OH is 1. The third kappa shape index (κ3) is 3.33. The summed E-state index contributed by atoms with van der Waals surface area (Å²) in [5, 5.41) is 21.2. The van der Waals surface area contributed by atoms with Gasteiger partial charge in [0.2, 0.25) is 10.0 Å². The number of anilines is 1. The van der Waals surface area contributed by atoms with E-state index < -0.39 is 21.8 Å². The van der Waals surface area contributed by atoms with E-state index in [1.54, 1.807) is 0 Å². The number of aromatic hydroxyl groups is 1. The van der Waals surface area contributed by atoms with E-state index in [1.165, 1.54) is 13.1 Å². The maximum Gasteiger partial charge on any atom is 0.277 e. The average molecular weight is 341 g/mol. The molecule has 0 saturated carbocycles. The van der Waals surface area contributed by atoms with E-state index in [4.69, 9.17) is 5.11 Å². The van der Waals surface area contributed by atoms with E-state index in [0.29, 0.717) is 0 Å². The summed E-state index contributed by atoms with van der Waals surface area (Å²) in [6.07, 6.45) is 1.01. The number of aliphatic hydroxyl groups is 1. The minimum absolute atomic E-state index is 0.0421. The summed E-state index contributed by atoms with van der Waals surface area (Å²) in [4.78, 5) is 24.4. The number of carbonyl (C=O) groups excluding carboxylic acids is 2. The fraction of sp³-hybridized carbons (Fsp3) is 0.231. The Morgan fingerprint density at radius 3 is 2.57 bits per heavy atom. The van der Waals surface area contributed by atoms with E-state index in [1.807, 2.05) is 0 Å². The number of phenols is 1. The van der Waals surface area contributed by atoms with Gasteiger partial charge in [0.05, 0.1) is 23.7 Å². The SMILES string of the molecule is CNS(=O)(=O)c1ccc(O)c(NC2=CC(=O)N(CCO)C2=O)c1. The number of amides is 2. The molecule has 0 bridgehead atoms. The Balaban J connectivity index is 2.31. The van der Waals surface area contributed by atoms with Crippen LogP contribution in [-0.2, 0) is 19.6 Å². The highest BCUT2D eigenvalue weighted by molar-refractivity contribution is 7.89. The van der Waals surface area contributed by atoms with Gasteiger partial charge in [0, 0.05) is 6.08 Å². The molecule has 0 atom stereocenters. The van der Waals surface area contributed by atoms with Gasteiger partial charge in [-0.1, -0.05) is 0 Å². The van der Waals surface area contributed by atoms with Crippen molar-refractivity contribution in [2.45, 2.75) is 4.90 Å². The van der Waals surface area contributed by atoms with Gasteiger partial charge in [-0.2, -0.15) is 0 Å². The second-order valence-corrected chi connectivity index (χ2v) is 6.47. The van der Waals surface area contributed by atoms with Gasteiger partial charge in [-0.05, 0) is 25.2 Å². The maximum absolute atomic E-state index is 12.0. The molecule has 9 nitrogen and oxygen atoms in total. The van der Waals surface area contributed by atoms with E-state index in [0.717, 1.165) is 23.1 Å². The number of hydrogen-bond donors (Lipinski definition) is 4. The van der Waals surface area contributed by atoms with Gasteiger partial charge in [0.15, 0.2) is 0 Å². The topological polar surface area (TPSA) is 136 Å². The molecular weight excluding hydrogens is 326 g/mol. The van der Waals surface area contributed by atoms with Gasteiger partial charge in [-0.25, -0.2) is 13.1 Å². The molecule has 0 unspecified atom stereocenters. The zero-order valence-corrected chi connectivity index (χ0v) is 12.9. The molecule has 1 aromatic rings. The van der Waals surface area contributed by atoms with Gasteiger partial charge < -0.3 is 15.5 Å². The predicted molar refractivity (Wildman–Crippen MR) is 79.9 cm³/mol. The number of carbonyl (C=O) groups is 2. The summed E-state index contributed by atoms with van der Waals surface area (Å²) >= 11 is 0. The molecule has 1 aromatic carbocycles. The molecule has 2 amide bonds. The molecule has 1 aliphatic heterocycles. The molecule has 23 heavy (non-hydrogen) atoms. The van der Waals surface area contributed by atoms with Crippen LogP contribution >= 0.6 is 0 Å². The summed E-state index contributed by atoms with van der Waals surface area (Å²) in [6, 6.07) is 3.48. The van der Waals surface area contributed by atoms with Crippen molar-refractivity contribution >= 4 is 27.5 Å². The second-order valence-electron chi connectivity index (χ2n) is 4.59. The first-order valence-electron chi connectivity index (χ1n) is 6.52. The number of sulfonamides is 1. The maximum atomic E-state index is 12.0. The van der Waals surface area contributed by atoms with E-state index in [9.17, 15) is 23.1 Å². The van der Waals surface area contributed by atoms with Crippen molar-refractivity contribution in [1.29, 1.82) is 0 Å². The number of β-amino-alcohol motifs (C(OH)–C–C–N with tert-alkyl or cyclic N) is 1. The van der Waals surface area contributed by atoms with Gasteiger partial charge in [0.1, 0.15) is 11.4 Å². The van der Waals surface area contributed by atoms with Crippen LogP contribution < -0.4 is 10.0 Å². The van der Waals surface area contributed by atoms with Crippen molar-refractivity contribution in [1.82, 2.24) is 9.62 Å². The van der Waals surface area contributed by atoms with E-state index in [-0.39, 0.29) is 35.2 Å². The van der Waals surface area contributed by atoms with E-state index in [2.05, 4.69) is 10.0 Å². The lowest BCUT2D eigenvalue weighted by atomic mass is 10.2. The standard InChI is InChI=1S/C13H15N3O6S/c1-14-23(21,22)8-2-3-11(18)9(6-8)15-10-7-12(19)16(4-5-17)13(10)20/h2-3,6-7,14-15,17-18H,4-5H2,1H3. The van der Waals surface area contributed by atoms with Crippen LogP contribution in [0, 0.1) is 0 Å². The fourth-order valence-corrected chi connectivity index (χ4v) is 2.71. The average Bonchev–Trinajstić information content (AvgIpc) is 2.77. The molecule has 124 valence electrons. The number of imide groups is 1.